The Labute approximate surface area is 102 Å². The Morgan fingerprint density at radius 3 is 2.71 bits per heavy atom. The summed E-state index contributed by atoms with van der Waals surface area (Å²) in [5.74, 6) is -0.448. The van der Waals surface area contributed by atoms with Crippen molar-refractivity contribution < 1.29 is 9.90 Å². The van der Waals surface area contributed by atoms with Gasteiger partial charge in [0.25, 0.3) is 0 Å². The fourth-order valence-corrected chi connectivity index (χ4v) is 2.43. The molecule has 1 fully saturated rings. The summed E-state index contributed by atoms with van der Waals surface area (Å²) >= 11 is 0. The molecule has 0 bridgehead atoms. The first kappa shape index (κ1) is 12.1. The average molecular weight is 233 g/mol. The Hall–Kier alpha value is -1.35. The van der Waals surface area contributed by atoms with Crippen LogP contribution in [0.25, 0.3) is 0 Å². The molecule has 17 heavy (non-hydrogen) atoms. The van der Waals surface area contributed by atoms with E-state index in [1.165, 1.54) is 11.1 Å². The van der Waals surface area contributed by atoms with E-state index in [0.717, 1.165) is 13.1 Å². The molecule has 1 aromatic carbocycles. The van der Waals surface area contributed by atoms with Crippen molar-refractivity contribution in [2.45, 2.75) is 19.3 Å². The molecule has 3 nitrogen and oxygen atoms in total. The van der Waals surface area contributed by atoms with Gasteiger partial charge in [0.2, 0.25) is 0 Å². The van der Waals surface area contributed by atoms with Crippen LogP contribution in [0, 0.1) is 5.92 Å². The number of hydrogen-bond acceptors (Lipinski definition) is 2. The highest BCUT2D eigenvalue weighted by Gasteiger charge is 2.27. The number of carboxylic acid groups (broad SMARTS) is 1. The molecular formula is C14H19NO2. The standard InChI is InChI=1S/C14H19NO2/c1-10(14(16)17)7-11-5-3-4-6-13(11)12-8-15(2)9-12/h3-6,10,12H,7-9H2,1-2H3,(H,16,17). The van der Waals surface area contributed by atoms with Crippen molar-refractivity contribution in [1.82, 2.24) is 4.90 Å². The van der Waals surface area contributed by atoms with Gasteiger partial charge in [0.1, 0.15) is 0 Å². The number of aliphatic carboxylic acids is 1. The lowest BCUT2D eigenvalue weighted by molar-refractivity contribution is -0.141. The van der Waals surface area contributed by atoms with Crippen molar-refractivity contribution in [3.8, 4) is 0 Å². The summed E-state index contributed by atoms with van der Waals surface area (Å²) in [5.41, 5.74) is 2.53. The van der Waals surface area contributed by atoms with Gasteiger partial charge in [0, 0.05) is 19.0 Å². The van der Waals surface area contributed by atoms with E-state index in [9.17, 15) is 4.79 Å². The summed E-state index contributed by atoms with van der Waals surface area (Å²) < 4.78 is 0. The van der Waals surface area contributed by atoms with Crippen LogP contribution in [0.1, 0.15) is 24.0 Å². The van der Waals surface area contributed by atoms with Crippen molar-refractivity contribution in [2.24, 2.45) is 5.92 Å². The lowest BCUT2D eigenvalue weighted by atomic mass is 9.85. The van der Waals surface area contributed by atoms with Gasteiger partial charge >= 0.3 is 5.97 Å². The molecule has 2 rings (SSSR count). The Balaban J connectivity index is 2.13. The molecule has 1 aromatic rings. The number of likely N-dealkylation sites (tertiary alicyclic amines) is 1. The highest BCUT2D eigenvalue weighted by molar-refractivity contribution is 5.70. The van der Waals surface area contributed by atoms with Gasteiger partial charge in [-0.1, -0.05) is 31.2 Å². The van der Waals surface area contributed by atoms with Crippen LogP contribution in [0.2, 0.25) is 0 Å². The molecule has 1 saturated heterocycles. The minimum Gasteiger partial charge on any atom is -0.481 e. The number of likely N-dealkylation sites (N-methyl/N-ethyl adjacent to an activating group) is 1. The maximum Gasteiger partial charge on any atom is 0.306 e. The number of carbonyl (C=O) groups is 1. The molecule has 1 atom stereocenters. The van der Waals surface area contributed by atoms with Crippen LogP contribution in [-0.4, -0.2) is 36.1 Å². The molecule has 0 radical (unpaired) electrons. The van der Waals surface area contributed by atoms with Crippen LogP contribution in [-0.2, 0) is 11.2 Å². The molecule has 0 aromatic heterocycles. The van der Waals surface area contributed by atoms with Crippen LogP contribution in [0.3, 0.4) is 0 Å². The first-order valence-electron chi connectivity index (χ1n) is 6.07. The maximum atomic E-state index is 10.9. The van der Waals surface area contributed by atoms with Crippen LogP contribution in [0.4, 0.5) is 0 Å². The van der Waals surface area contributed by atoms with Crippen LogP contribution in [0.5, 0.6) is 0 Å². The van der Waals surface area contributed by atoms with E-state index in [4.69, 9.17) is 5.11 Å². The minimum absolute atomic E-state index is 0.311. The Kier molecular flexibility index (Phi) is 3.48. The van der Waals surface area contributed by atoms with Gasteiger partial charge in [0.15, 0.2) is 0 Å². The monoisotopic (exact) mass is 233 g/mol. The molecule has 1 aliphatic rings. The van der Waals surface area contributed by atoms with E-state index in [1.54, 1.807) is 6.92 Å². The van der Waals surface area contributed by atoms with Gasteiger partial charge in [-0.15, -0.1) is 0 Å². The van der Waals surface area contributed by atoms with Crippen molar-refractivity contribution in [1.29, 1.82) is 0 Å². The first-order chi connectivity index (χ1) is 8.08. The van der Waals surface area contributed by atoms with E-state index < -0.39 is 5.97 Å². The lowest BCUT2D eigenvalue weighted by Crippen LogP contribution is -2.42. The predicted molar refractivity (Wildman–Crippen MR) is 67.2 cm³/mol. The lowest BCUT2D eigenvalue weighted by Gasteiger charge is -2.37. The summed E-state index contributed by atoms with van der Waals surface area (Å²) in [7, 11) is 2.11. The predicted octanol–water partition coefficient (Wildman–Crippen LogP) is 1.98. The van der Waals surface area contributed by atoms with E-state index in [0.29, 0.717) is 12.3 Å². The van der Waals surface area contributed by atoms with Crippen molar-refractivity contribution >= 4 is 5.97 Å². The van der Waals surface area contributed by atoms with E-state index in [-0.39, 0.29) is 5.92 Å². The number of carboxylic acids is 1. The Morgan fingerprint density at radius 1 is 1.47 bits per heavy atom. The maximum absolute atomic E-state index is 10.9. The highest BCUT2D eigenvalue weighted by Crippen LogP contribution is 2.29. The second kappa shape index (κ2) is 4.88. The number of benzene rings is 1. The molecule has 1 unspecified atom stereocenters. The fourth-order valence-electron chi connectivity index (χ4n) is 2.43. The first-order valence-corrected chi connectivity index (χ1v) is 6.07. The quantitative estimate of drug-likeness (QED) is 0.864. The Morgan fingerprint density at radius 2 is 2.12 bits per heavy atom. The van der Waals surface area contributed by atoms with Gasteiger partial charge in [0.05, 0.1) is 5.92 Å². The van der Waals surface area contributed by atoms with Crippen LogP contribution < -0.4 is 0 Å². The number of nitrogens with zero attached hydrogens (tertiary/aromatic N) is 1. The van der Waals surface area contributed by atoms with Gasteiger partial charge < -0.3 is 10.0 Å². The molecule has 92 valence electrons. The topological polar surface area (TPSA) is 40.5 Å². The molecular weight excluding hydrogens is 214 g/mol. The third-order valence-electron chi connectivity index (χ3n) is 3.51. The number of hydrogen-bond donors (Lipinski definition) is 1. The second-order valence-electron chi connectivity index (χ2n) is 5.06. The Bertz CT molecular complexity index is 410. The normalized spacial score (nSPS) is 18.7. The van der Waals surface area contributed by atoms with Crippen LogP contribution >= 0.6 is 0 Å². The smallest absolute Gasteiger partial charge is 0.306 e. The molecule has 0 saturated carbocycles. The van der Waals surface area contributed by atoms with Gasteiger partial charge in [-0.2, -0.15) is 0 Å². The fraction of sp³-hybridized carbons (Fsp3) is 0.500. The van der Waals surface area contributed by atoms with Crippen molar-refractivity contribution in [2.75, 3.05) is 20.1 Å². The SMILES string of the molecule is CC(Cc1ccccc1C1CN(C)C1)C(=O)O. The van der Waals surface area contributed by atoms with Crippen molar-refractivity contribution in [3.63, 3.8) is 0 Å². The van der Waals surface area contributed by atoms with Gasteiger partial charge in [-0.05, 0) is 24.6 Å². The van der Waals surface area contributed by atoms with Gasteiger partial charge in [-0.3, -0.25) is 4.79 Å². The third kappa shape index (κ3) is 2.67. The van der Waals surface area contributed by atoms with E-state index >= 15 is 0 Å². The summed E-state index contributed by atoms with van der Waals surface area (Å²) in [5, 5.41) is 8.98. The molecule has 1 N–H and O–H groups in total. The average Bonchev–Trinajstić information content (AvgIpc) is 2.26. The molecule has 0 spiro atoms. The number of rotatable bonds is 4. The molecule has 1 heterocycles. The largest absolute Gasteiger partial charge is 0.481 e. The third-order valence-corrected chi connectivity index (χ3v) is 3.51. The summed E-state index contributed by atoms with van der Waals surface area (Å²) in [4.78, 5) is 13.2. The summed E-state index contributed by atoms with van der Waals surface area (Å²) in [6.07, 6.45) is 0.631. The summed E-state index contributed by atoms with van der Waals surface area (Å²) in [6, 6.07) is 8.24. The minimum atomic E-state index is -0.717. The molecule has 1 aliphatic heterocycles. The second-order valence-corrected chi connectivity index (χ2v) is 5.06. The molecule has 0 aliphatic carbocycles. The molecule has 3 heteroatoms. The van der Waals surface area contributed by atoms with Gasteiger partial charge in [-0.25, -0.2) is 0 Å². The molecule has 0 amide bonds. The zero-order valence-corrected chi connectivity index (χ0v) is 10.4. The zero-order valence-electron chi connectivity index (χ0n) is 10.4. The van der Waals surface area contributed by atoms with E-state index in [1.807, 2.05) is 12.1 Å². The summed E-state index contributed by atoms with van der Waals surface area (Å²) in [6.45, 7) is 3.93. The van der Waals surface area contributed by atoms with E-state index in [2.05, 4.69) is 24.1 Å². The zero-order chi connectivity index (χ0) is 12.4. The highest BCUT2D eigenvalue weighted by atomic mass is 16.4. The van der Waals surface area contributed by atoms with Crippen molar-refractivity contribution in [3.05, 3.63) is 35.4 Å². The van der Waals surface area contributed by atoms with Crippen LogP contribution in [0.15, 0.2) is 24.3 Å².